The molecule has 1 saturated carbocycles. The van der Waals surface area contributed by atoms with Gasteiger partial charge in [0.2, 0.25) is 0 Å². The molecule has 1 fully saturated rings. The van der Waals surface area contributed by atoms with Crippen LogP contribution in [0.3, 0.4) is 0 Å². The second-order valence-electron chi connectivity index (χ2n) is 2.41. The zero-order chi connectivity index (χ0) is 6.85. The summed E-state index contributed by atoms with van der Waals surface area (Å²) in [5, 5.41) is 0. The summed E-state index contributed by atoms with van der Waals surface area (Å²) in [5.74, 6) is 0. The third kappa shape index (κ3) is 1.87. The molecule has 0 spiro atoms. The van der Waals surface area contributed by atoms with E-state index < -0.39 is 18.5 Å². The van der Waals surface area contributed by atoms with E-state index in [4.69, 9.17) is 0 Å². The van der Waals surface area contributed by atoms with Crippen molar-refractivity contribution in [1.82, 2.24) is 0 Å². The molecule has 0 aromatic heterocycles. The molecule has 0 radical (unpaired) electrons. The van der Waals surface area contributed by atoms with E-state index in [-0.39, 0.29) is 18.3 Å². The minimum Gasteiger partial charge on any atom is -0.412 e. The van der Waals surface area contributed by atoms with Crippen molar-refractivity contribution in [2.24, 2.45) is 0 Å². The molecule has 0 aliphatic heterocycles. The molecule has 0 amide bonds. The van der Waals surface area contributed by atoms with Crippen LogP contribution in [0.2, 0.25) is 0 Å². The molecular formula is C6H11F3O. The third-order valence-electron chi connectivity index (χ3n) is 1.65. The Morgan fingerprint density at radius 2 is 1.30 bits per heavy atom. The maximum atomic E-state index is 12.2. The first kappa shape index (κ1) is 9.75. The van der Waals surface area contributed by atoms with Gasteiger partial charge in [0, 0.05) is 0 Å². The van der Waals surface area contributed by atoms with E-state index in [0.717, 1.165) is 0 Å². The number of hydrogen-bond donors (Lipinski definition) is 0. The normalized spacial score (nSPS) is 40.5. The number of rotatable bonds is 0. The van der Waals surface area contributed by atoms with E-state index in [0.29, 0.717) is 6.42 Å². The largest absolute Gasteiger partial charge is 0.412 e. The van der Waals surface area contributed by atoms with Crippen molar-refractivity contribution in [3.63, 3.8) is 0 Å². The molecule has 4 heteroatoms. The molecule has 10 heavy (non-hydrogen) atoms. The summed E-state index contributed by atoms with van der Waals surface area (Å²) in [7, 11) is 0. The molecule has 2 atom stereocenters. The predicted octanol–water partition coefficient (Wildman–Crippen LogP) is 1.36. The maximum absolute atomic E-state index is 12.2. The predicted molar refractivity (Wildman–Crippen MR) is 32.2 cm³/mol. The van der Waals surface area contributed by atoms with Crippen LogP contribution in [0.5, 0.6) is 0 Å². The molecule has 1 aliphatic rings. The van der Waals surface area contributed by atoms with Gasteiger partial charge in [0.05, 0.1) is 0 Å². The third-order valence-corrected chi connectivity index (χ3v) is 1.65. The molecule has 2 N–H and O–H groups in total. The first-order valence-corrected chi connectivity index (χ1v) is 3.14. The van der Waals surface area contributed by atoms with Gasteiger partial charge in [0.15, 0.2) is 6.17 Å². The van der Waals surface area contributed by atoms with Crippen LogP contribution in [0, 0.1) is 0 Å². The van der Waals surface area contributed by atoms with Crippen LogP contribution in [-0.2, 0) is 0 Å². The molecule has 1 nitrogen and oxygen atoms in total. The fraction of sp³-hybridized carbons (Fsp3) is 1.00. The van der Waals surface area contributed by atoms with Gasteiger partial charge in [-0.3, -0.25) is 0 Å². The minimum atomic E-state index is -1.86. The highest BCUT2D eigenvalue weighted by atomic mass is 19.2. The number of halogens is 3. The SMILES string of the molecule is FC1CCCC(F)C1F.O. The van der Waals surface area contributed by atoms with E-state index in [1.807, 2.05) is 0 Å². The van der Waals surface area contributed by atoms with Crippen molar-refractivity contribution in [2.75, 3.05) is 0 Å². The number of hydrogen-bond acceptors (Lipinski definition) is 0. The Hall–Kier alpha value is -0.250. The van der Waals surface area contributed by atoms with E-state index in [2.05, 4.69) is 0 Å². The lowest BCUT2D eigenvalue weighted by Gasteiger charge is -2.22. The van der Waals surface area contributed by atoms with Gasteiger partial charge in [-0.15, -0.1) is 0 Å². The van der Waals surface area contributed by atoms with Gasteiger partial charge in [-0.05, 0) is 19.3 Å². The molecule has 0 heterocycles. The monoisotopic (exact) mass is 156 g/mol. The Labute approximate surface area is 57.5 Å². The van der Waals surface area contributed by atoms with Crippen LogP contribution in [0.1, 0.15) is 19.3 Å². The molecular weight excluding hydrogens is 145 g/mol. The molecule has 0 aromatic carbocycles. The molecule has 0 bridgehead atoms. The summed E-state index contributed by atoms with van der Waals surface area (Å²) in [6.45, 7) is 0. The quantitative estimate of drug-likeness (QED) is 0.507. The molecule has 1 aliphatic carbocycles. The summed E-state index contributed by atoms with van der Waals surface area (Å²) in [6.07, 6.45) is -4.15. The Kier molecular flexibility index (Phi) is 3.71. The first-order chi connectivity index (χ1) is 4.22. The van der Waals surface area contributed by atoms with E-state index in [1.165, 1.54) is 0 Å². The fourth-order valence-corrected chi connectivity index (χ4v) is 1.05. The van der Waals surface area contributed by atoms with Crippen LogP contribution < -0.4 is 0 Å². The average molecular weight is 156 g/mol. The summed E-state index contributed by atoms with van der Waals surface area (Å²) >= 11 is 0. The van der Waals surface area contributed by atoms with Gasteiger partial charge < -0.3 is 5.48 Å². The maximum Gasteiger partial charge on any atom is 0.162 e. The minimum absolute atomic E-state index is 0. The highest BCUT2D eigenvalue weighted by Gasteiger charge is 2.33. The van der Waals surface area contributed by atoms with Crippen LogP contribution >= 0.6 is 0 Å². The van der Waals surface area contributed by atoms with Crippen LogP contribution in [0.15, 0.2) is 0 Å². The smallest absolute Gasteiger partial charge is 0.162 e. The second-order valence-corrected chi connectivity index (χ2v) is 2.41. The molecule has 0 saturated heterocycles. The Balaban J connectivity index is 0.000000810. The zero-order valence-corrected chi connectivity index (χ0v) is 5.49. The van der Waals surface area contributed by atoms with Gasteiger partial charge in [-0.1, -0.05) is 0 Å². The van der Waals surface area contributed by atoms with Gasteiger partial charge in [-0.2, -0.15) is 0 Å². The molecule has 0 aromatic rings. The van der Waals surface area contributed by atoms with Gasteiger partial charge in [-0.25, -0.2) is 13.2 Å². The molecule has 1 rings (SSSR count). The van der Waals surface area contributed by atoms with Crippen LogP contribution in [-0.4, -0.2) is 24.0 Å². The summed E-state index contributed by atoms with van der Waals surface area (Å²) in [5.41, 5.74) is 0. The van der Waals surface area contributed by atoms with E-state index in [1.54, 1.807) is 0 Å². The Bertz CT molecular complexity index is 89.0. The second kappa shape index (κ2) is 3.81. The fourth-order valence-electron chi connectivity index (χ4n) is 1.05. The van der Waals surface area contributed by atoms with Crippen molar-refractivity contribution in [1.29, 1.82) is 0 Å². The zero-order valence-electron chi connectivity index (χ0n) is 5.49. The lowest BCUT2D eigenvalue weighted by molar-refractivity contribution is 0.0436. The first-order valence-electron chi connectivity index (χ1n) is 3.14. The van der Waals surface area contributed by atoms with Gasteiger partial charge in [0.25, 0.3) is 0 Å². The van der Waals surface area contributed by atoms with Gasteiger partial charge in [0.1, 0.15) is 12.3 Å². The average Bonchev–Trinajstić information content (AvgIpc) is 1.83. The highest BCUT2D eigenvalue weighted by molar-refractivity contribution is 4.81. The highest BCUT2D eigenvalue weighted by Crippen LogP contribution is 2.26. The van der Waals surface area contributed by atoms with Crippen molar-refractivity contribution >= 4 is 0 Å². The Morgan fingerprint density at radius 1 is 0.900 bits per heavy atom. The lowest BCUT2D eigenvalue weighted by atomic mass is 9.95. The van der Waals surface area contributed by atoms with Gasteiger partial charge >= 0.3 is 0 Å². The van der Waals surface area contributed by atoms with Crippen molar-refractivity contribution in [2.45, 2.75) is 37.8 Å². The molecule has 62 valence electrons. The standard InChI is InChI=1S/C6H9F3.H2O/c7-4-2-1-3-5(8)6(4)9;/h4-6H,1-3H2;1H2. The van der Waals surface area contributed by atoms with Crippen LogP contribution in [0.25, 0.3) is 0 Å². The van der Waals surface area contributed by atoms with Crippen molar-refractivity contribution in [3.8, 4) is 0 Å². The van der Waals surface area contributed by atoms with Crippen molar-refractivity contribution < 1.29 is 18.6 Å². The van der Waals surface area contributed by atoms with Crippen molar-refractivity contribution in [3.05, 3.63) is 0 Å². The lowest BCUT2D eigenvalue weighted by Crippen LogP contribution is -2.32. The van der Waals surface area contributed by atoms with E-state index in [9.17, 15) is 13.2 Å². The Morgan fingerprint density at radius 3 is 1.60 bits per heavy atom. The number of alkyl halides is 3. The molecule has 2 unspecified atom stereocenters. The van der Waals surface area contributed by atoms with E-state index >= 15 is 0 Å². The summed E-state index contributed by atoms with van der Waals surface area (Å²) in [6, 6.07) is 0. The summed E-state index contributed by atoms with van der Waals surface area (Å²) in [4.78, 5) is 0. The summed E-state index contributed by atoms with van der Waals surface area (Å²) < 4.78 is 36.6. The topological polar surface area (TPSA) is 31.5 Å². The van der Waals surface area contributed by atoms with Crippen LogP contribution in [0.4, 0.5) is 13.2 Å².